The van der Waals surface area contributed by atoms with Gasteiger partial charge in [-0.1, -0.05) is 23.7 Å². The highest BCUT2D eigenvalue weighted by molar-refractivity contribution is 6.30. The second-order valence-corrected chi connectivity index (χ2v) is 3.08. The monoisotopic (exact) mass is 206 g/mol. The fourth-order valence-corrected chi connectivity index (χ4v) is 1.17. The molecule has 0 N–H and O–H groups in total. The highest BCUT2D eigenvalue weighted by atomic mass is 35.5. The minimum atomic E-state index is 0.692. The third-order valence-corrected chi connectivity index (χ3v) is 1.83. The second kappa shape index (κ2) is 4.02. The Bertz CT molecular complexity index is 436. The zero-order chi connectivity index (χ0) is 9.80. The molecule has 0 unspecified atom stereocenters. The van der Waals surface area contributed by atoms with Gasteiger partial charge < -0.3 is 0 Å². The third-order valence-electron chi connectivity index (χ3n) is 1.60. The molecule has 2 aromatic rings. The topological polar surface area (TPSA) is 43.1 Å². The van der Waals surface area contributed by atoms with Gasteiger partial charge in [0.05, 0.1) is 6.21 Å². The largest absolute Gasteiger partial charge is 0.208 e. The van der Waals surface area contributed by atoms with Crippen LogP contribution < -0.4 is 0 Å². The van der Waals surface area contributed by atoms with Crippen LogP contribution in [0, 0.1) is 0 Å². The van der Waals surface area contributed by atoms with E-state index < -0.39 is 0 Å². The molecular weight excluding hydrogens is 200 g/mol. The Labute approximate surface area is 85.8 Å². The lowest BCUT2D eigenvalue weighted by Crippen LogP contribution is -1.86. The molecule has 0 saturated heterocycles. The van der Waals surface area contributed by atoms with E-state index in [-0.39, 0.29) is 0 Å². The molecule has 1 aromatic carbocycles. The molecule has 0 bridgehead atoms. The Hall–Kier alpha value is -1.68. The maximum Gasteiger partial charge on any atom is 0.141 e. The van der Waals surface area contributed by atoms with Crippen molar-refractivity contribution in [2.75, 3.05) is 0 Å². The van der Waals surface area contributed by atoms with E-state index >= 15 is 0 Å². The van der Waals surface area contributed by atoms with Crippen molar-refractivity contribution in [3.63, 3.8) is 0 Å². The van der Waals surface area contributed by atoms with Gasteiger partial charge in [-0.05, 0) is 17.7 Å². The van der Waals surface area contributed by atoms with E-state index in [1.165, 1.54) is 17.3 Å². The van der Waals surface area contributed by atoms with Crippen molar-refractivity contribution in [2.24, 2.45) is 5.10 Å². The summed E-state index contributed by atoms with van der Waals surface area (Å²) in [6.45, 7) is 0. The molecule has 5 heteroatoms. The highest BCUT2D eigenvalue weighted by Gasteiger charge is 1.89. The molecule has 2 rings (SSSR count). The molecule has 70 valence electrons. The van der Waals surface area contributed by atoms with Crippen LogP contribution in [-0.2, 0) is 0 Å². The van der Waals surface area contributed by atoms with Crippen molar-refractivity contribution >= 4 is 17.8 Å². The lowest BCUT2D eigenvalue weighted by Gasteiger charge is -1.93. The van der Waals surface area contributed by atoms with Gasteiger partial charge in [-0.2, -0.15) is 5.10 Å². The summed E-state index contributed by atoms with van der Waals surface area (Å²) in [6.07, 6.45) is 4.72. The van der Waals surface area contributed by atoms with Crippen molar-refractivity contribution in [3.8, 4) is 0 Å². The van der Waals surface area contributed by atoms with E-state index in [0.717, 1.165) is 5.56 Å². The number of aromatic nitrogens is 3. The molecule has 0 aliphatic heterocycles. The molecule has 1 aromatic heterocycles. The molecule has 14 heavy (non-hydrogen) atoms. The van der Waals surface area contributed by atoms with Crippen LogP contribution in [0.1, 0.15) is 5.56 Å². The van der Waals surface area contributed by atoms with E-state index in [1.807, 2.05) is 24.3 Å². The summed E-state index contributed by atoms with van der Waals surface area (Å²) in [4.78, 5) is 0. The first kappa shape index (κ1) is 8.90. The third kappa shape index (κ3) is 2.17. The van der Waals surface area contributed by atoms with Crippen molar-refractivity contribution in [3.05, 3.63) is 47.5 Å². The Morgan fingerprint density at radius 3 is 2.79 bits per heavy atom. The Morgan fingerprint density at radius 1 is 1.29 bits per heavy atom. The first-order valence-corrected chi connectivity index (χ1v) is 4.37. The highest BCUT2D eigenvalue weighted by Crippen LogP contribution is 2.08. The average molecular weight is 207 g/mol. The van der Waals surface area contributed by atoms with E-state index in [0.29, 0.717) is 5.02 Å². The number of hydrogen-bond acceptors (Lipinski definition) is 3. The van der Waals surface area contributed by atoms with Gasteiger partial charge in [0.2, 0.25) is 0 Å². The van der Waals surface area contributed by atoms with Crippen LogP contribution >= 0.6 is 11.6 Å². The molecule has 1 heterocycles. The fraction of sp³-hybridized carbons (Fsp3) is 0. The molecule has 0 saturated carbocycles. The normalized spacial score (nSPS) is 10.9. The maximum atomic E-state index is 5.81. The van der Waals surface area contributed by atoms with Crippen LogP contribution in [0.3, 0.4) is 0 Å². The SMILES string of the molecule is Clc1cccc(/C=N/n2cnnc2)c1. The summed E-state index contributed by atoms with van der Waals surface area (Å²) in [6, 6.07) is 7.43. The molecule has 0 radical (unpaired) electrons. The number of halogens is 1. The Kier molecular flexibility index (Phi) is 2.55. The van der Waals surface area contributed by atoms with Crippen LogP contribution in [0.4, 0.5) is 0 Å². The van der Waals surface area contributed by atoms with Crippen molar-refractivity contribution < 1.29 is 0 Å². The number of rotatable bonds is 2. The molecule has 0 fully saturated rings. The first-order chi connectivity index (χ1) is 6.84. The van der Waals surface area contributed by atoms with Crippen molar-refractivity contribution in [1.29, 1.82) is 0 Å². The lowest BCUT2D eigenvalue weighted by atomic mass is 10.2. The number of benzene rings is 1. The molecule has 0 aliphatic rings. The standard InChI is InChI=1S/C9H7ClN4/c10-9-3-1-2-8(4-9)5-13-14-6-11-12-7-14/h1-7H/b13-5+. The van der Waals surface area contributed by atoms with Gasteiger partial charge in [-0.15, -0.1) is 10.2 Å². The predicted octanol–water partition coefficient (Wildman–Crippen LogP) is 1.81. The van der Waals surface area contributed by atoms with Gasteiger partial charge in [-0.25, -0.2) is 4.68 Å². The molecule has 0 spiro atoms. The molecular formula is C9H7ClN4. The molecule has 4 nitrogen and oxygen atoms in total. The number of hydrogen-bond donors (Lipinski definition) is 0. The van der Waals surface area contributed by atoms with E-state index in [9.17, 15) is 0 Å². The predicted molar refractivity (Wildman–Crippen MR) is 54.5 cm³/mol. The van der Waals surface area contributed by atoms with Gasteiger partial charge in [-0.3, -0.25) is 0 Å². The summed E-state index contributed by atoms with van der Waals surface area (Å²) < 4.78 is 1.51. The first-order valence-electron chi connectivity index (χ1n) is 3.99. The smallest absolute Gasteiger partial charge is 0.141 e. The van der Waals surface area contributed by atoms with Crippen LogP contribution in [0.5, 0.6) is 0 Å². The summed E-state index contributed by atoms with van der Waals surface area (Å²) in [5.41, 5.74) is 0.936. The van der Waals surface area contributed by atoms with Gasteiger partial charge in [0, 0.05) is 5.02 Å². The minimum Gasteiger partial charge on any atom is -0.208 e. The van der Waals surface area contributed by atoms with Crippen molar-refractivity contribution in [1.82, 2.24) is 14.9 Å². The summed E-state index contributed by atoms with van der Waals surface area (Å²) >= 11 is 5.81. The van der Waals surface area contributed by atoms with E-state index in [2.05, 4.69) is 15.3 Å². The summed E-state index contributed by atoms with van der Waals surface area (Å²) in [5.74, 6) is 0. The van der Waals surface area contributed by atoms with Gasteiger partial charge in [0.1, 0.15) is 12.7 Å². The van der Waals surface area contributed by atoms with Crippen LogP contribution in [0.2, 0.25) is 5.02 Å². The average Bonchev–Trinajstić information content (AvgIpc) is 2.67. The van der Waals surface area contributed by atoms with Crippen LogP contribution in [-0.4, -0.2) is 21.1 Å². The second-order valence-electron chi connectivity index (χ2n) is 2.64. The van der Waals surface area contributed by atoms with Crippen molar-refractivity contribution in [2.45, 2.75) is 0 Å². The van der Waals surface area contributed by atoms with Gasteiger partial charge >= 0.3 is 0 Å². The molecule has 0 atom stereocenters. The number of nitrogens with zero attached hydrogens (tertiary/aromatic N) is 4. The van der Waals surface area contributed by atoms with E-state index in [4.69, 9.17) is 11.6 Å². The summed E-state index contributed by atoms with van der Waals surface area (Å²) in [5, 5.41) is 12.0. The Balaban J connectivity index is 2.18. The molecule has 0 aliphatic carbocycles. The quantitative estimate of drug-likeness (QED) is 0.704. The lowest BCUT2D eigenvalue weighted by molar-refractivity contribution is 0.878. The Morgan fingerprint density at radius 2 is 2.07 bits per heavy atom. The maximum absolute atomic E-state index is 5.81. The van der Waals surface area contributed by atoms with Gasteiger partial charge in [0.15, 0.2) is 0 Å². The van der Waals surface area contributed by atoms with Crippen LogP contribution in [0.15, 0.2) is 42.0 Å². The molecule has 0 amide bonds. The fourth-order valence-electron chi connectivity index (χ4n) is 0.975. The summed E-state index contributed by atoms with van der Waals surface area (Å²) in [7, 11) is 0. The zero-order valence-corrected chi connectivity index (χ0v) is 7.96. The van der Waals surface area contributed by atoms with Crippen LogP contribution in [0.25, 0.3) is 0 Å². The van der Waals surface area contributed by atoms with E-state index in [1.54, 1.807) is 6.21 Å². The van der Waals surface area contributed by atoms with Gasteiger partial charge in [0.25, 0.3) is 0 Å². The zero-order valence-electron chi connectivity index (χ0n) is 7.21. The minimum absolute atomic E-state index is 0.692.